The van der Waals surface area contributed by atoms with Gasteiger partial charge in [0.2, 0.25) is 0 Å². The largest absolute Gasteiger partial charge is 0.399 e. The molecule has 0 amide bonds. The van der Waals surface area contributed by atoms with E-state index in [1.165, 1.54) is 24.9 Å². The van der Waals surface area contributed by atoms with Gasteiger partial charge in [-0.15, -0.1) is 0 Å². The molecule has 1 aliphatic rings. The van der Waals surface area contributed by atoms with Crippen molar-refractivity contribution in [3.63, 3.8) is 0 Å². The lowest BCUT2D eigenvalue weighted by Crippen LogP contribution is -2.44. The fourth-order valence-corrected chi connectivity index (χ4v) is 4.33. The molecule has 0 spiro atoms. The zero-order chi connectivity index (χ0) is 12.6. The Morgan fingerprint density at radius 1 is 1.12 bits per heavy atom. The Morgan fingerprint density at radius 2 is 1.59 bits per heavy atom. The van der Waals surface area contributed by atoms with Gasteiger partial charge in [-0.1, -0.05) is 0 Å². The van der Waals surface area contributed by atoms with Crippen molar-refractivity contribution in [3.05, 3.63) is 21.1 Å². The summed E-state index contributed by atoms with van der Waals surface area (Å²) >= 11 is 7.27. The highest BCUT2D eigenvalue weighted by Crippen LogP contribution is 2.40. The van der Waals surface area contributed by atoms with E-state index >= 15 is 0 Å². The number of benzene rings is 1. The van der Waals surface area contributed by atoms with Crippen LogP contribution in [0.2, 0.25) is 0 Å². The van der Waals surface area contributed by atoms with Crippen LogP contribution in [0.3, 0.4) is 0 Å². The molecule has 4 heteroatoms. The van der Waals surface area contributed by atoms with Gasteiger partial charge in [0.25, 0.3) is 0 Å². The lowest BCUT2D eigenvalue weighted by atomic mass is 9.96. The van der Waals surface area contributed by atoms with Gasteiger partial charge < -0.3 is 10.6 Å². The predicted molar refractivity (Wildman–Crippen MR) is 81.5 cm³/mol. The first-order chi connectivity index (χ1) is 8.00. The molecule has 1 aliphatic heterocycles. The standard InChI is InChI=1S/C13H18Br2N2/c1-8-4-3-5-9(2)17(8)13-11(14)6-10(16)7-12(13)15/h6-9H,3-5,16H2,1-2H3/t8-,9-/m0/s1. The highest BCUT2D eigenvalue weighted by molar-refractivity contribution is 9.11. The van der Waals surface area contributed by atoms with Crippen LogP contribution in [0.15, 0.2) is 21.1 Å². The summed E-state index contributed by atoms with van der Waals surface area (Å²) in [4.78, 5) is 2.50. The van der Waals surface area contributed by atoms with Crippen LogP contribution in [-0.2, 0) is 0 Å². The summed E-state index contributed by atoms with van der Waals surface area (Å²) in [5.74, 6) is 0. The molecule has 0 radical (unpaired) electrons. The summed E-state index contributed by atoms with van der Waals surface area (Å²) in [5, 5.41) is 0. The van der Waals surface area contributed by atoms with E-state index < -0.39 is 0 Å². The summed E-state index contributed by atoms with van der Waals surface area (Å²) in [5.41, 5.74) is 7.87. The molecule has 2 nitrogen and oxygen atoms in total. The zero-order valence-corrected chi connectivity index (χ0v) is 13.4. The number of halogens is 2. The molecule has 17 heavy (non-hydrogen) atoms. The van der Waals surface area contributed by atoms with Crippen LogP contribution >= 0.6 is 31.9 Å². The van der Waals surface area contributed by atoms with Crippen molar-refractivity contribution in [2.75, 3.05) is 10.6 Å². The van der Waals surface area contributed by atoms with Gasteiger partial charge in [-0.2, -0.15) is 0 Å². The molecule has 0 bridgehead atoms. The maximum Gasteiger partial charge on any atom is 0.0661 e. The molecular formula is C13H18Br2N2. The number of rotatable bonds is 1. The molecule has 0 aliphatic carbocycles. The second kappa shape index (κ2) is 5.19. The number of nitrogen functional groups attached to an aromatic ring is 1. The Kier molecular flexibility index (Phi) is 4.03. The zero-order valence-electron chi connectivity index (χ0n) is 10.2. The maximum atomic E-state index is 5.85. The monoisotopic (exact) mass is 360 g/mol. The molecule has 94 valence electrons. The Balaban J connectivity index is 2.44. The van der Waals surface area contributed by atoms with Gasteiger partial charge in [0.15, 0.2) is 0 Å². The number of hydrogen-bond donors (Lipinski definition) is 1. The summed E-state index contributed by atoms with van der Waals surface area (Å²) in [6, 6.07) is 5.12. The van der Waals surface area contributed by atoms with Crippen molar-refractivity contribution in [2.24, 2.45) is 0 Å². The van der Waals surface area contributed by atoms with Crippen LogP contribution < -0.4 is 10.6 Å². The molecule has 0 saturated carbocycles. The fourth-order valence-electron chi connectivity index (χ4n) is 2.69. The van der Waals surface area contributed by atoms with Crippen molar-refractivity contribution in [3.8, 4) is 0 Å². The SMILES string of the molecule is C[C@H]1CCC[C@H](C)N1c1c(Br)cc(N)cc1Br. The van der Waals surface area contributed by atoms with Crippen LogP contribution in [-0.4, -0.2) is 12.1 Å². The van der Waals surface area contributed by atoms with Gasteiger partial charge in [-0.25, -0.2) is 0 Å². The van der Waals surface area contributed by atoms with Gasteiger partial charge in [0, 0.05) is 26.7 Å². The summed E-state index contributed by atoms with van der Waals surface area (Å²) in [7, 11) is 0. The number of hydrogen-bond acceptors (Lipinski definition) is 2. The molecule has 0 unspecified atom stereocenters. The third-order valence-electron chi connectivity index (χ3n) is 3.49. The molecule has 1 aromatic rings. The van der Waals surface area contributed by atoms with Gasteiger partial charge >= 0.3 is 0 Å². The topological polar surface area (TPSA) is 29.3 Å². The van der Waals surface area contributed by atoms with E-state index in [9.17, 15) is 0 Å². The maximum absolute atomic E-state index is 5.85. The second-order valence-electron chi connectivity index (χ2n) is 4.87. The highest BCUT2D eigenvalue weighted by Gasteiger charge is 2.27. The van der Waals surface area contributed by atoms with E-state index in [1.54, 1.807) is 0 Å². The van der Waals surface area contributed by atoms with Crippen LogP contribution in [0.5, 0.6) is 0 Å². The molecule has 1 fully saturated rings. The predicted octanol–water partition coefficient (Wildman–Crippen LogP) is 4.56. The molecule has 1 heterocycles. The minimum absolute atomic E-state index is 0.579. The molecule has 2 atom stereocenters. The Labute approximate surface area is 120 Å². The van der Waals surface area contributed by atoms with Crippen molar-refractivity contribution in [1.29, 1.82) is 0 Å². The van der Waals surface area contributed by atoms with E-state index in [2.05, 4.69) is 50.6 Å². The van der Waals surface area contributed by atoms with E-state index in [0.29, 0.717) is 12.1 Å². The Morgan fingerprint density at radius 3 is 2.06 bits per heavy atom. The normalized spacial score (nSPS) is 25.1. The molecule has 2 rings (SSSR count). The lowest BCUT2D eigenvalue weighted by Gasteiger charge is -2.42. The quantitative estimate of drug-likeness (QED) is 0.743. The first-order valence-corrected chi connectivity index (χ1v) is 7.62. The summed E-state index contributed by atoms with van der Waals surface area (Å²) in [6.07, 6.45) is 3.84. The van der Waals surface area contributed by atoms with Gasteiger partial charge in [0.1, 0.15) is 0 Å². The average Bonchev–Trinajstić information content (AvgIpc) is 2.21. The van der Waals surface area contributed by atoms with Crippen LogP contribution in [0, 0.1) is 0 Å². The highest BCUT2D eigenvalue weighted by atomic mass is 79.9. The summed E-state index contributed by atoms with van der Waals surface area (Å²) < 4.78 is 2.15. The van der Waals surface area contributed by atoms with Crippen molar-refractivity contribution < 1.29 is 0 Å². The Bertz CT molecular complexity index is 387. The third kappa shape index (κ3) is 2.63. The van der Waals surface area contributed by atoms with Gasteiger partial charge in [-0.05, 0) is 77.1 Å². The smallest absolute Gasteiger partial charge is 0.0661 e. The Hall–Kier alpha value is -0.220. The number of nitrogens with zero attached hydrogens (tertiary/aromatic N) is 1. The van der Waals surface area contributed by atoms with Crippen LogP contribution in [0.4, 0.5) is 11.4 Å². The molecule has 2 N–H and O–H groups in total. The van der Waals surface area contributed by atoms with Gasteiger partial charge in [-0.3, -0.25) is 0 Å². The van der Waals surface area contributed by atoms with Crippen molar-refractivity contribution in [2.45, 2.75) is 45.2 Å². The molecular weight excluding hydrogens is 344 g/mol. The van der Waals surface area contributed by atoms with Crippen LogP contribution in [0.25, 0.3) is 0 Å². The minimum Gasteiger partial charge on any atom is -0.399 e. The van der Waals surface area contributed by atoms with E-state index in [0.717, 1.165) is 14.6 Å². The van der Waals surface area contributed by atoms with E-state index in [-0.39, 0.29) is 0 Å². The minimum atomic E-state index is 0.579. The van der Waals surface area contributed by atoms with Gasteiger partial charge in [0.05, 0.1) is 5.69 Å². The molecule has 1 aromatic carbocycles. The average molecular weight is 362 g/mol. The first kappa shape index (κ1) is 13.2. The fraction of sp³-hybridized carbons (Fsp3) is 0.538. The number of nitrogens with two attached hydrogens (primary N) is 1. The van der Waals surface area contributed by atoms with Crippen LogP contribution in [0.1, 0.15) is 33.1 Å². The lowest BCUT2D eigenvalue weighted by molar-refractivity contribution is 0.413. The van der Waals surface area contributed by atoms with E-state index in [4.69, 9.17) is 5.73 Å². The number of anilines is 2. The van der Waals surface area contributed by atoms with Crippen molar-refractivity contribution in [1.82, 2.24) is 0 Å². The van der Waals surface area contributed by atoms with Crippen molar-refractivity contribution >= 4 is 43.2 Å². The molecule has 0 aromatic heterocycles. The third-order valence-corrected chi connectivity index (χ3v) is 4.70. The number of piperidine rings is 1. The first-order valence-electron chi connectivity index (χ1n) is 6.03. The summed E-state index contributed by atoms with van der Waals surface area (Å²) in [6.45, 7) is 4.59. The second-order valence-corrected chi connectivity index (χ2v) is 6.58. The molecule has 1 saturated heterocycles. The van der Waals surface area contributed by atoms with E-state index in [1.807, 2.05) is 12.1 Å².